The third kappa shape index (κ3) is 3.71. The number of sulfone groups is 1. The average Bonchev–Trinajstić information content (AvgIpc) is 2.38. The molecule has 1 aliphatic heterocycles. The van der Waals surface area contributed by atoms with E-state index >= 15 is 0 Å². The molecule has 0 atom stereocenters. The molecule has 0 amide bonds. The Balaban J connectivity index is 2.16. The molecule has 1 aliphatic rings. The van der Waals surface area contributed by atoms with Crippen LogP contribution in [0.1, 0.15) is 5.56 Å². The molecule has 0 radical (unpaired) electrons. The Kier molecular flexibility index (Phi) is 4.67. The number of anilines is 1. The predicted molar refractivity (Wildman–Crippen MR) is 80.0 cm³/mol. The summed E-state index contributed by atoms with van der Waals surface area (Å²) < 4.78 is 23.4. The number of hydrogen-bond acceptors (Lipinski definition) is 5. The number of β-amino-alcohol motifs (C(OH)–C–C–N with tert-alkyl or cyclic N) is 1. The molecule has 1 heterocycles. The van der Waals surface area contributed by atoms with Crippen molar-refractivity contribution in [1.82, 2.24) is 4.90 Å². The first-order valence-corrected chi connectivity index (χ1v) is 8.69. The molecule has 1 aromatic carbocycles. The Bertz CT molecular complexity index is 564. The van der Waals surface area contributed by atoms with Gasteiger partial charge in [-0.05, 0) is 30.7 Å². The number of piperazine rings is 1. The normalized spacial score (nSPS) is 17.4. The van der Waals surface area contributed by atoms with Crippen LogP contribution in [0.15, 0.2) is 23.1 Å². The van der Waals surface area contributed by atoms with Crippen LogP contribution in [0.3, 0.4) is 0 Å². The van der Waals surface area contributed by atoms with Gasteiger partial charge >= 0.3 is 0 Å². The summed E-state index contributed by atoms with van der Waals surface area (Å²) in [7, 11) is -3.18. The van der Waals surface area contributed by atoms with E-state index in [1.54, 1.807) is 12.1 Å². The van der Waals surface area contributed by atoms with Gasteiger partial charge in [0.05, 0.1) is 11.5 Å². The van der Waals surface area contributed by atoms with Gasteiger partial charge in [-0.2, -0.15) is 0 Å². The lowest BCUT2D eigenvalue weighted by molar-refractivity contribution is 0.189. The van der Waals surface area contributed by atoms with E-state index in [1.165, 1.54) is 6.26 Å². The van der Waals surface area contributed by atoms with Crippen molar-refractivity contribution in [3.05, 3.63) is 23.8 Å². The highest BCUT2D eigenvalue weighted by molar-refractivity contribution is 7.90. The van der Waals surface area contributed by atoms with E-state index in [-0.39, 0.29) is 6.61 Å². The van der Waals surface area contributed by atoms with Crippen LogP contribution in [0, 0.1) is 6.92 Å². The van der Waals surface area contributed by atoms with Gasteiger partial charge in [-0.3, -0.25) is 4.90 Å². The van der Waals surface area contributed by atoms with Gasteiger partial charge in [-0.1, -0.05) is 0 Å². The number of rotatable bonds is 4. The molecule has 1 aromatic rings. The molecule has 5 nitrogen and oxygen atoms in total. The molecule has 0 bridgehead atoms. The monoisotopic (exact) mass is 298 g/mol. The quantitative estimate of drug-likeness (QED) is 0.878. The Morgan fingerprint density at radius 2 is 1.80 bits per heavy atom. The van der Waals surface area contributed by atoms with Crippen molar-refractivity contribution in [2.45, 2.75) is 11.8 Å². The number of nitrogens with zero attached hydrogens (tertiary/aromatic N) is 2. The third-order valence-electron chi connectivity index (χ3n) is 3.62. The molecule has 1 saturated heterocycles. The topological polar surface area (TPSA) is 60.9 Å². The van der Waals surface area contributed by atoms with E-state index < -0.39 is 9.84 Å². The van der Waals surface area contributed by atoms with Crippen molar-refractivity contribution in [2.75, 3.05) is 50.5 Å². The number of aryl methyl sites for hydroxylation is 1. The first kappa shape index (κ1) is 15.3. The lowest BCUT2D eigenvalue weighted by Crippen LogP contribution is -2.47. The van der Waals surface area contributed by atoms with Gasteiger partial charge in [0.1, 0.15) is 0 Å². The second-order valence-electron chi connectivity index (χ2n) is 5.33. The molecule has 20 heavy (non-hydrogen) atoms. The van der Waals surface area contributed by atoms with E-state index in [9.17, 15) is 8.42 Å². The molecule has 6 heteroatoms. The standard InChI is InChI=1S/C14H22N2O3S/c1-12-9-13(11-14(10-12)20(2,18)19)16-5-3-15(4-6-16)7-8-17/h9-11,17H,3-8H2,1-2H3. The first-order chi connectivity index (χ1) is 9.40. The van der Waals surface area contributed by atoms with Crippen LogP contribution in [-0.2, 0) is 9.84 Å². The molecule has 2 rings (SSSR count). The highest BCUT2D eigenvalue weighted by Crippen LogP contribution is 2.23. The van der Waals surface area contributed by atoms with Gasteiger partial charge in [-0.25, -0.2) is 8.42 Å². The second-order valence-corrected chi connectivity index (χ2v) is 7.34. The molecule has 0 spiro atoms. The molecule has 0 aliphatic carbocycles. The fraction of sp³-hybridized carbons (Fsp3) is 0.571. The average molecular weight is 298 g/mol. The minimum absolute atomic E-state index is 0.183. The number of benzene rings is 1. The zero-order valence-electron chi connectivity index (χ0n) is 12.0. The number of hydrogen-bond donors (Lipinski definition) is 1. The summed E-state index contributed by atoms with van der Waals surface area (Å²) in [5.41, 5.74) is 1.93. The summed E-state index contributed by atoms with van der Waals surface area (Å²) in [5, 5.41) is 8.94. The smallest absolute Gasteiger partial charge is 0.175 e. The maximum atomic E-state index is 11.7. The van der Waals surface area contributed by atoms with Crippen molar-refractivity contribution in [3.8, 4) is 0 Å². The Morgan fingerprint density at radius 3 is 2.35 bits per heavy atom. The van der Waals surface area contributed by atoms with Gasteiger partial charge in [0, 0.05) is 44.7 Å². The fourth-order valence-electron chi connectivity index (χ4n) is 2.50. The molecule has 0 aromatic heterocycles. The highest BCUT2D eigenvalue weighted by Gasteiger charge is 2.18. The van der Waals surface area contributed by atoms with Crippen molar-refractivity contribution >= 4 is 15.5 Å². The van der Waals surface area contributed by atoms with Crippen LogP contribution < -0.4 is 4.90 Å². The van der Waals surface area contributed by atoms with Crippen LogP contribution >= 0.6 is 0 Å². The summed E-state index contributed by atoms with van der Waals surface area (Å²) >= 11 is 0. The first-order valence-electron chi connectivity index (χ1n) is 6.80. The van der Waals surface area contributed by atoms with Crippen LogP contribution in [0.2, 0.25) is 0 Å². The molecule has 112 valence electrons. The highest BCUT2D eigenvalue weighted by atomic mass is 32.2. The maximum Gasteiger partial charge on any atom is 0.175 e. The molecule has 0 saturated carbocycles. The molecular weight excluding hydrogens is 276 g/mol. The van der Waals surface area contributed by atoms with E-state index in [0.717, 1.165) is 37.4 Å². The summed E-state index contributed by atoms with van der Waals surface area (Å²) in [6.45, 7) is 6.30. The molecule has 1 fully saturated rings. The number of aliphatic hydroxyl groups is 1. The SMILES string of the molecule is Cc1cc(N2CCN(CCO)CC2)cc(S(C)(=O)=O)c1. The lowest BCUT2D eigenvalue weighted by atomic mass is 10.2. The van der Waals surface area contributed by atoms with Gasteiger partial charge in [0.15, 0.2) is 9.84 Å². The van der Waals surface area contributed by atoms with E-state index in [0.29, 0.717) is 11.4 Å². The van der Waals surface area contributed by atoms with Crippen molar-refractivity contribution in [3.63, 3.8) is 0 Å². The van der Waals surface area contributed by atoms with Gasteiger partial charge in [0.2, 0.25) is 0 Å². The van der Waals surface area contributed by atoms with Crippen LogP contribution in [0.25, 0.3) is 0 Å². The van der Waals surface area contributed by atoms with Crippen LogP contribution in [-0.4, -0.2) is 64.0 Å². The predicted octanol–water partition coefficient (Wildman–Crippen LogP) is 0.513. The largest absolute Gasteiger partial charge is 0.395 e. The maximum absolute atomic E-state index is 11.7. The van der Waals surface area contributed by atoms with E-state index in [1.807, 2.05) is 13.0 Å². The Hall–Kier alpha value is -1.11. The van der Waals surface area contributed by atoms with Crippen molar-refractivity contribution < 1.29 is 13.5 Å². The minimum atomic E-state index is -3.18. The summed E-state index contributed by atoms with van der Waals surface area (Å²) in [4.78, 5) is 4.80. The second kappa shape index (κ2) is 6.11. The summed E-state index contributed by atoms with van der Waals surface area (Å²) in [5.74, 6) is 0. The molecule has 1 N–H and O–H groups in total. The van der Waals surface area contributed by atoms with Crippen LogP contribution in [0.5, 0.6) is 0 Å². The third-order valence-corrected chi connectivity index (χ3v) is 4.71. The van der Waals surface area contributed by atoms with Crippen molar-refractivity contribution in [1.29, 1.82) is 0 Å². The van der Waals surface area contributed by atoms with E-state index in [4.69, 9.17) is 5.11 Å². The minimum Gasteiger partial charge on any atom is -0.395 e. The lowest BCUT2D eigenvalue weighted by Gasteiger charge is -2.36. The number of aliphatic hydroxyl groups excluding tert-OH is 1. The van der Waals surface area contributed by atoms with Gasteiger partial charge < -0.3 is 10.0 Å². The molecular formula is C14H22N2O3S. The zero-order valence-corrected chi connectivity index (χ0v) is 12.9. The van der Waals surface area contributed by atoms with Crippen molar-refractivity contribution in [2.24, 2.45) is 0 Å². The Labute approximate surface area is 120 Å². The summed E-state index contributed by atoms with van der Waals surface area (Å²) in [6.07, 6.45) is 1.24. The summed E-state index contributed by atoms with van der Waals surface area (Å²) in [6, 6.07) is 5.49. The Morgan fingerprint density at radius 1 is 1.15 bits per heavy atom. The molecule has 0 unspecified atom stereocenters. The van der Waals surface area contributed by atoms with Gasteiger partial charge in [-0.15, -0.1) is 0 Å². The fourth-order valence-corrected chi connectivity index (χ4v) is 3.23. The van der Waals surface area contributed by atoms with E-state index in [2.05, 4.69) is 9.80 Å². The van der Waals surface area contributed by atoms with Gasteiger partial charge in [0.25, 0.3) is 0 Å². The zero-order chi connectivity index (χ0) is 14.8. The van der Waals surface area contributed by atoms with Crippen LogP contribution in [0.4, 0.5) is 5.69 Å².